The van der Waals surface area contributed by atoms with Crippen LogP contribution in [0.4, 0.5) is 4.79 Å². The van der Waals surface area contributed by atoms with Crippen LogP contribution in [0.5, 0.6) is 0 Å². The van der Waals surface area contributed by atoms with Gasteiger partial charge in [0, 0.05) is 16.7 Å². The van der Waals surface area contributed by atoms with Crippen molar-refractivity contribution in [2.75, 3.05) is 12.0 Å². The molecule has 0 aliphatic carbocycles. The highest BCUT2D eigenvalue weighted by molar-refractivity contribution is 7.98. The first-order valence-electron chi connectivity index (χ1n) is 6.03. The largest absolute Gasteiger partial charge is 0.335 e. The van der Waals surface area contributed by atoms with Crippen molar-refractivity contribution in [2.45, 2.75) is 39.8 Å². The predicted octanol–water partition coefficient (Wildman–Crippen LogP) is 2.70. The number of aromatic nitrogens is 1. The second-order valence-electron chi connectivity index (χ2n) is 4.12. The quantitative estimate of drug-likeness (QED) is 0.846. The molecule has 2 amide bonds. The van der Waals surface area contributed by atoms with Gasteiger partial charge in [0.1, 0.15) is 0 Å². The van der Waals surface area contributed by atoms with Crippen LogP contribution in [0.3, 0.4) is 0 Å². The average Bonchev–Trinajstić information content (AvgIpc) is 2.64. The summed E-state index contributed by atoms with van der Waals surface area (Å²) >= 11 is 3.40. The van der Waals surface area contributed by atoms with E-state index in [0.29, 0.717) is 6.54 Å². The maximum Gasteiger partial charge on any atom is 0.315 e. The van der Waals surface area contributed by atoms with E-state index < -0.39 is 0 Å². The van der Waals surface area contributed by atoms with Gasteiger partial charge in [-0.05, 0) is 26.5 Å². The normalized spacial score (nSPS) is 12.2. The van der Waals surface area contributed by atoms with Crippen molar-refractivity contribution in [3.63, 3.8) is 0 Å². The number of hydrogen-bond donors (Lipinski definition) is 2. The standard InChI is InChI=1S/C12H21N3OS2/c1-5-10(7-17-4)15-12(16)13-6-11-8(2)18-9(3)14-11/h10H,5-7H2,1-4H3,(H2,13,15,16)/t10-/m1/s1. The highest BCUT2D eigenvalue weighted by Gasteiger charge is 2.10. The van der Waals surface area contributed by atoms with E-state index >= 15 is 0 Å². The lowest BCUT2D eigenvalue weighted by molar-refractivity contribution is 0.237. The summed E-state index contributed by atoms with van der Waals surface area (Å²) in [4.78, 5) is 17.3. The molecule has 2 N–H and O–H groups in total. The van der Waals surface area contributed by atoms with Crippen LogP contribution in [0.25, 0.3) is 0 Å². The number of amides is 2. The summed E-state index contributed by atoms with van der Waals surface area (Å²) in [6.07, 6.45) is 2.99. The number of thioether (sulfide) groups is 1. The number of aryl methyl sites for hydroxylation is 2. The molecule has 6 heteroatoms. The van der Waals surface area contributed by atoms with Crippen LogP contribution >= 0.6 is 23.1 Å². The Morgan fingerprint density at radius 3 is 2.72 bits per heavy atom. The van der Waals surface area contributed by atoms with Crippen LogP contribution in [0.15, 0.2) is 0 Å². The minimum absolute atomic E-state index is 0.110. The van der Waals surface area contributed by atoms with Gasteiger partial charge in [-0.2, -0.15) is 11.8 Å². The molecule has 0 unspecified atom stereocenters. The molecule has 1 aromatic heterocycles. The second-order valence-corrected chi connectivity index (χ2v) is 6.44. The van der Waals surface area contributed by atoms with E-state index in [-0.39, 0.29) is 12.1 Å². The third kappa shape index (κ3) is 4.86. The zero-order valence-corrected chi connectivity index (χ0v) is 13.0. The van der Waals surface area contributed by atoms with Crippen LogP contribution in [-0.4, -0.2) is 29.1 Å². The Kier molecular flexibility index (Phi) is 6.49. The van der Waals surface area contributed by atoms with Gasteiger partial charge in [-0.25, -0.2) is 9.78 Å². The zero-order valence-electron chi connectivity index (χ0n) is 11.4. The van der Waals surface area contributed by atoms with Crippen molar-refractivity contribution in [3.8, 4) is 0 Å². The summed E-state index contributed by atoms with van der Waals surface area (Å²) in [6.45, 7) is 6.59. The van der Waals surface area contributed by atoms with Crippen molar-refractivity contribution in [1.82, 2.24) is 15.6 Å². The molecule has 18 heavy (non-hydrogen) atoms. The first-order chi connectivity index (χ1) is 8.56. The van der Waals surface area contributed by atoms with Gasteiger partial charge in [-0.3, -0.25) is 0 Å². The number of carbonyl (C=O) groups excluding carboxylic acids is 1. The number of nitrogens with zero attached hydrogens (tertiary/aromatic N) is 1. The highest BCUT2D eigenvalue weighted by Crippen LogP contribution is 2.15. The molecule has 0 saturated heterocycles. The highest BCUT2D eigenvalue weighted by atomic mass is 32.2. The van der Waals surface area contributed by atoms with E-state index in [4.69, 9.17) is 0 Å². The monoisotopic (exact) mass is 287 g/mol. The Morgan fingerprint density at radius 1 is 1.50 bits per heavy atom. The molecule has 1 heterocycles. The fraction of sp³-hybridized carbons (Fsp3) is 0.667. The van der Waals surface area contributed by atoms with E-state index in [0.717, 1.165) is 22.9 Å². The molecule has 0 aliphatic heterocycles. The fourth-order valence-electron chi connectivity index (χ4n) is 1.60. The van der Waals surface area contributed by atoms with Crippen molar-refractivity contribution >= 4 is 29.1 Å². The van der Waals surface area contributed by atoms with Gasteiger partial charge in [-0.1, -0.05) is 6.92 Å². The summed E-state index contributed by atoms with van der Waals surface area (Å²) in [5, 5.41) is 6.87. The summed E-state index contributed by atoms with van der Waals surface area (Å²) in [5.41, 5.74) is 0.963. The third-order valence-corrected chi connectivity index (χ3v) is 4.28. The molecule has 1 aromatic rings. The number of hydrogen-bond acceptors (Lipinski definition) is 4. The van der Waals surface area contributed by atoms with Crippen molar-refractivity contribution in [2.24, 2.45) is 0 Å². The Labute approximate surface area is 117 Å². The van der Waals surface area contributed by atoms with E-state index in [1.54, 1.807) is 23.1 Å². The Bertz CT molecular complexity index is 393. The molecule has 0 bridgehead atoms. The average molecular weight is 287 g/mol. The van der Waals surface area contributed by atoms with Crippen LogP contribution < -0.4 is 10.6 Å². The topological polar surface area (TPSA) is 54.0 Å². The summed E-state index contributed by atoms with van der Waals surface area (Å²) in [7, 11) is 0. The lowest BCUT2D eigenvalue weighted by Gasteiger charge is -2.16. The van der Waals surface area contributed by atoms with Crippen LogP contribution in [0, 0.1) is 13.8 Å². The molecule has 0 radical (unpaired) electrons. The van der Waals surface area contributed by atoms with Gasteiger partial charge in [-0.15, -0.1) is 11.3 Å². The molecule has 0 saturated carbocycles. The van der Waals surface area contributed by atoms with Crippen molar-refractivity contribution < 1.29 is 4.79 Å². The maximum absolute atomic E-state index is 11.7. The van der Waals surface area contributed by atoms with Crippen molar-refractivity contribution in [1.29, 1.82) is 0 Å². The van der Waals surface area contributed by atoms with Gasteiger partial charge in [0.25, 0.3) is 0 Å². The Balaban J connectivity index is 2.39. The molecule has 102 valence electrons. The second kappa shape index (κ2) is 7.63. The molecule has 0 spiro atoms. The Morgan fingerprint density at radius 2 is 2.22 bits per heavy atom. The van der Waals surface area contributed by atoms with Gasteiger partial charge in [0.05, 0.1) is 17.2 Å². The van der Waals surface area contributed by atoms with Gasteiger partial charge >= 0.3 is 6.03 Å². The maximum atomic E-state index is 11.7. The summed E-state index contributed by atoms with van der Waals surface area (Å²) < 4.78 is 0. The first kappa shape index (κ1) is 15.3. The van der Waals surface area contributed by atoms with Gasteiger partial charge in [0.2, 0.25) is 0 Å². The number of urea groups is 1. The number of carbonyl (C=O) groups is 1. The molecule has 0 aliphatic rings. The zero-order chi connectivity index (χ0) is 13.5. The van der Waals surface area contributed by atoms with Crippen molar-refractivity contribution in [3.05, 3.63) is 15.6 Å². The first-order valence-corrected chi connectivity index (χ1v) is 8.24. The number of nitrogens with one attached hydrogen (secondary N) is 2. The SMILES string of the molecule is CC[C@H](CSC)NC(=O)NCc1nc(C)sc1C. The van der Waals surface area contributed by atoms with E-state index in [2.05, 4.69) is 22.5 Å². The number of rotatable bonds is 6. The third-order valence-electron chi connectivity index (χ3n) is 2.61. The molecule has 0 aromatic carbocycles. The molecule has 4 nitrogen and oxygen atoms in total. The lowest BCUT2D eigenvalue weighted by Crippen LogP contribution is -2.42. The molecule has 1 atom stereocenters. The molecular formula is C12H21N3OS2. The minimum atomic E-state index is -0.110. The lowest BCUT2D eigenvalue weighted by atomic mass is 10.3. The van der Waals surface area contributed by atoms with Gasteiger partial charge in [0.15, 0.2) is 0 Å². The molecule has 0 fully saturated rings. The fourth-order valence-corrected chi connectivity index (χ4v) is 3.16. The molecule has 1 rings (SSSR count). The van der Waals surface area contributed by atoms with E-state index in [1.165, 1.54) is 4.88 Å². The van der Waals surface area contributed by atoms with Gasteiger partial charge < -0.3 is 10.6 Å². The van der Waals surface area contributed by atoms with Crippen LogP contribution in [0.2, 0.25) is 0 Å². The smallest absolute Gasteiger partial charge is 0.315 e. The number of thiazole rings is 1. The molecular weight excluding hydrogens is 266 g/mol. The van der Waals surface area contributed by atoms with Crippen LogP contribution in [-0.2, 0) is 6.54 Å². The minimum Gasteiger partial charge on any atom is -0.335 e. The van der Waals surface area contributed by atoms with E-state index in [9.17, 15) is 4.79 Å². The Hall–Kier alpha value is -0.750. The summed E-state index contributed by atoms with van der Waals surface area (Å²) in [5.74, 6) is 0.943. The van der Waals surface area contributed by atoms with Crippen LogP contribution in [0.1, 0.15) is 28.9 Å². The summed E-state index contributed by atoms with van der Waals surface area (Å²) in [6, 6.07) is 0.124. The predicted molar refractivity (Wildman–Crippen MR) is 79.4 cm³/mol. The van der Waals surface area contributed by atoms with E-state index in [1.807, 2.05) is 20.1 Å².